The summed E-state index contributed by atoms with van der Waals surface area (Å²) >= 11 is 0. The van der Waals surface area contributed by atoms with Crippen LogP contribution in [0.15, 0.2) is 28.9 Å². The number of benzene rings is 1. The Morgan fingerprint density at radius 1 is 1.47 bits per heavy atom. The fourth-order valence-corrected chi connectivity index (χ4v) is 1.92. The first-order chi connectivity index (χ1) is 9.06. The van der Waals surface area contributed by atoms with Crippen LogP contribution >= 0.6 is 0 Å². The van der Waals surface area contributed by atoms with Crippen molar-refractivity contribution >= 4 is 17.0 Å². The number of hydrogen-bond acceptors (Lipinski definition) is 3. The van der Waals surface area contributed by atoms with Crippen LogP contribution in [0.2, 0.25) is 0 Å². The van der Waals surface area contributed by atoms with Gasteiger partial charge in [0.2, 0.25) is 0 Å². The number of carboxylic acids is 1. The number of aryl methyl sites for hydroxylation is 1. The van der Waals surface area contributed by atoms with Crippen LogP contribution in [0.1, 0.15) is 15.9 Å². The predicted molar refractivity (Wildman–Crippen MR) is 65.4 cm³/mol. The smallest absolute Gasteiger partial charge is 0.338 e. The molecule has 0 unspecified atom stereocenters. The molecule has 3 rings (SSSR count). The monoisotopic (exact) mass is 260 g/mol. The molecule has 0 spiro atoms. The van der Waals surface area contributed by atoms with Crippen LogP contribution in [0, 0.1) is 12.7 Å². The Morgan fingerprint density at radius 2 is 2.26 bits per heavy atom. The van der Waals surface area contributed by atoms with E-state index in [0.29, 0.717) is 22.6 Å². The zero-order valence-corrected chi connectivity index (χ0v) is 9.90. The molecule has 0 aliphatic heterocycles. The zero-order chi connectivity index (χ0) is 13.6. The SMILES string of the molecule is Cc1ccoc1-c1nc2cc(C(=O)O)c(F)cc2[nH]1. The molecule has 19 heavy (non-hydrogen) atoms. The summed E-state index contributed by atoms with van der Waals surface area (Å²) in [6.07, 6.45) is 1.53. The average molecular weight is 260 g/mol. The second-order valence-corrected chi connectivity index (χ2v) is 4.17. The van der Waals surface area contributed by atoms with Crippen molar-refractivity contribution in [3.8, 4) is 11.6 Å². The molecular weight excluding hydrogens is 251 g/mol. The minimum atomic E-state index is -1.32. The zero-order valence-electron chi connectivity index (χ0n) is 9.90. The first-order valence-corrected chi connectivity index (χ1v) is 5.53. The van der Waals surface area contributed by atoms with E-state index in [0.717, 1.165) is 11.6 Å². The first kappa shape index (κ1) is 11.5. The largest absolute Gasteiger partial charge is 0.478 e. The lowest BCUT2D eigenvalue weighted by Gasteiger charge is -1.95. The van der Waals surface area contributed by atoms with Gasteiger partial charge < -0.3 is 14.5 Å². The molecule has 0 aliphatic carbocycles. The van der Waals surface area contributed by atoms with Crippen LogP contribution in [0.4, 0.5) is 4.39 Å². The maximum absolute atomic E-state index is 13.5. The Labute approximate surface area is 106 Å². The topological polar surface area (TPSA) is 79.1 Å². The van der Waals surface area contributed by atoms with Gasteiger partial charge in [-0.2, -0.15) is 0 Å². The maximum atomic E-state index is 13.5. The van der Waals surface area contributed by atoms with Crippen molar-refractivity contribution in [1.82, 2.24) is 9.97 Å². The minimum Gasteiger partial charge on any atom is -0.478 e. The van der Waals surface area contributed by atoms with Gasteiger partial charge in [-0.15, -0.1) is 0 Å². The third-order valence-corrected chi connectivity index (χ3v) is 2.88. The molecular formula is C13H9FN2O3. The standard InChI is InChI=1S/C13H9FN2O3/c1-6-2-3-19-11(6)12-15-9-4-7(13(17)18)8(14)5-10(9)16-12/h2-5H,1H3,(H,15,16)(H,17,18). The number of aromatic carboxylic acids is 1. The van der Waals surface area contributed by atoms with Crippen molar-refractivity contribution in [1.29, 1.82) is 0 Å². The van der Waals surface area contributed by atoms with Gasteiger partial charge in [0.05, 0.1) is 22.9 Å². The number of fused-ring (bicyclic) bond motifs is 1. The molecule has 0 bridgehead atoms. The highest BCUT2D eigenvalue weighted by atomic mass is 19.1. The quantitative estimate of drug-likeness (QED) is 0.742. The van der Waals surface area contributed by atoms with Gasteiger partial charge in [-0.05, 0) is 24.6 Å². The predicted octanol–water partition coefficient (Wildman–Crippen LogP) is 2.97. The van der Waals surface area contributed by atoms with Gasteiger partial charge in [-0.25, -0.2) is 14.2 Å². The first-order valence-electron chi connectivity index (χ1n) is 5.53. The van der Waals surface area contributed by atoms with E-state index in [1.165, 1.54) is 12.3 Å². The average Bonchev–Trinajstić information content (AvgIpc) is 2.92. The van der Waals surface area contributed by atoms with Crippen molar-refractivity contribution in [2.75, 3.05) is 0 Å². The number of aromatic nitrogens is 2. The molecule has 3 aromatic rings. The molecule has 0 atom stereocenters. The number of aromatic amines is 1. The Hall–Kier alpha value is -2.63. The van der Waals surface area contributed by atoms with Gasteiger partial charge in [0.15, 0.2) is 11.6 Å². The Kier molecular flexibility index (Phi) is 2.38. The van der Waals surface area contributed by atoms with E-state index >= 15 is 0 Å². The van der Waals surface area contributed by atoms with Gasteiger partial charge in [-0.3, -0.25) is 0 Å². The van der Waals surface area contributed by atoms with Crippen LogP contribution in [-0.2, 0) is 0 Å². The third-order valence-electron chi connectivity index (χ3n) is 2.88. The number of nitrogens with zero attached hydrogens (tertiary/aromatic N) is 1. The second kappa shape index (κ2) is 3.94. The molecule has 2 aromatic heterocycles. The second-order valence-electron chi connectivity index (χ2n) is 4.17. The maximum Gasteiger partial charge on any atom is 0.338 e. The number of carbonyl (C=O) groups is 1. The van der Waals surface area contributed by atoms with E-state index in [1.807, 2.05) is 6.92 Å². The van der Waals surface area contributed by atoms with Crippen molar-refractivity contribution in [2.45, 2.75) is 6.92 Å². The molecule has 1 aromatic carbocycles. The summed E-state index contributed by atoms with van der Waals surface area (Å²) in [6.45, 7) is 1.86. The van der Waals surface area contributed by atoms with Crippen LogP contribution in [0.3, 0.4) is 0 Å². The highest BCUT2D eigenvalue weighted by molar-refractivity contribution is 5.93. The molecule has 0 fully saturated rings. The minimum absolute atomic E-state index is 0.379. The van der Waals surface area contributed by atoms with E-state index in [4.69, 9.17) is 9.52 Å². The number of halogens is 1. The number of H-pyrrole nitrogens is 1. The van der Waals surface area contributed by atoms with Crippen LogP contribution < -0.4 is 0 Å². The van der Waals surface area contributed by atoms with Gasteiger partial charge in [-0.1, -0.05) is 0 Å². The Bertz CT molecular complexity index is 788. The third kappa shape index (κ3) is 1.77. The lowest BCUT2D eigenvalue weighted by atomic mass is 10.2. The number of furan rings is 1. The Balaban J connectivity index is 2.21. The lowest BCUT2D eigenvalue weighted by Crippen LogP contribution is -1.99. The summed E-state index contributed by atoms with van der Waals surface area (Å²) < 4.78 is 18.8. The van der Waals surface area contributed by atoms with Gasteiger partial charge in [0.1, 0.15) is 5.82 Å². The van der Waals surface area contributed by atoms with Crippen LogP contribution in [0.25, 0.3) is 22.6 Å². The fourth-order valence-electron chi connectivity index (χ4n) is 1.92. The fraction of sp³-hybridized carbons (Fsp3) is 0.0769. The summed E-state index contributed by atoms with van der Waals surface area (Å²) in [7, 11) is 0. The number of carboxylic acid groups (broad SMARTS) is 1. The molecule has 0 radical (unpaired) electrons. The molecule has 0 aliphatic rings. The summed E-state index contributed by atoms with van der Waals surface area (Å²) in [6, 6.07) is 4.10. The van der Waals surface area contributed by atoms with E-state index in [2.05, 4.69) is 9.97 Å². The normalized spacial score (nSPS) is 11.1. The molecule has 0 amide bonds. The molecule has 96 valence electrons. The van der Waals surface area contributed by atoms with Gasteiger partial charge in [0.25, 0.3) is 0 Å². The Morgan fingerprint density at radius 3 is 2.89 bits per heavy atom. The summed E-state index contributed by atoms with van der Waals surface area (Å²) in [5, 5.41) is 8.86. The van der Waals surface area contributed by atoms with Gasteiger partial charge in [0, 0.05) is 6.07 Å². The highest BCUT2D eigenvalue weighted by Crippen LogP contribution is 2.25. The molecule has 0 saturated heterocycles. The van der Waals surface area contributed by atoms with Crippen molar-refractivity contribution in [3.63, 3.8) is 0 Å². The molecule has 6 heteroatoms. The van der Waals surface area contributed by atoms with E-state index < -0.39 is 17.3 Å². The summed E-state index contributed by atoms with van der Waals surface area (Å²) in [4.78, 5) is 18.0. The highest BCUT2D eigenvalue weighted by Gasteiger charge is 2.16. The molecule has 0 saturated carbocycles. The van der Waals surface area contributed by atoms with E-state index in [1.54, 1.807) is 6.07 Å². The van der Waals surface area contributed by atoms with Crippen LogP contribution in [-0.4, -0.2) is 21.0 Å². The summed E-state index contributed by atoms with van der Waals surface area (Å²) in [5.74, 6) is -1.13. The number of imidazole rings is 1. The van der Waals surface area contributed by atoms with Gasteiger partial charge >= 0.3 is 5.97 Å². The van der Waals surface area contributed by atoms with Crippen molar-refractivity contribution in [2.24, 2.45) is 0 Å². The number of nitrogens with one attached hydrogen (secondary N) is 1. The van der Waals surface area contributed by atoms with Crippen molar-refractivity contribution < 1.29 is 18.7 Å². The summed E-state index contributed by atoms with van der Waals surface area (Å²) in [5.41, 5.74) is 1.29. The van der Waals surface area contributed by atoms with E-state index in [-0.39, 0.29) is 0 Å². The molecule has 5 nitrogen and oxygen atoms in total. The molecule has 2 N–H and O–H groups in total. The van der Waals surface area contributed by atoms with E-state index in [9.17, 15) is 9.18 Å². The van der Waals surface area contributed by atoms with Crippen molar-refractivity contribution in [3.05, 3.63) is 41.4 Å². The van der Waals surface area contributed by atoms with Crippen LogP contribution in [0.5, 0.6) is 0 Å². The number of rotatable bonds is 2. The lowest BCUT2D eigenvalue weighted by molar-refractivity contribution is 0.0692. The molecule has 2 heterocycles. The number of hydrogen-bond donors (Lipinski definition) is 2.